The number of guanidine groups is 1. The van der Waals surface area contributed by atoms with Crippen LogP contribution in [0.4, 0.5) is 0 Å². The summed E-state index contributed by atoms with van der Waals surface area (Å²) in [6.45, 7) is 9.85. The first-order valence-corrected chi connectivity index (χ1v) is 10.1. The van der Waals surface area contributed by atoms with E-state index in [4.69, 9.17) is 0 Å². The lowest BCUT2D eigenvalue weighted by molar-refractivity contribution is 0.115. The normalized spacial score (nSPS) is 20.0. The Morgan fingerprint density at radius 1 is 1.44 bits per heavy atom. The molecule has 25 heavy (non-hydrogen) atoms. The number of likely N-dealkylation sites (tertiary alicyclic amines) is 1. The van der Waals surface area contributed by atoms with Crippen molar-refractivity contribution in [2.75, 3.05) is 26.7 Å². The van der Waals surface area contributed by atoms with Gasteiger partial charge >= 0.3 is 0 Å². The summed E-state index contributed by atoms with van der Waals surface area (Å²) in [6, 6.07) is 1.23. The average molecular weight is 479 g/mol. The van der Waals surface area contributed by atoms with Crippen LogP contribution in [0.3, 0.4) is 0 Å². The summed E-state index contributed by atoms with van der Waals surface area (Å²) >= 11 is 1.81. The van der Waals surface area contributed by atoms with Crippen molar-refractivity contribution in [3.05, 3.63) is 16.1 Å². The molecule has 1 aliphatic heterocycles. The van der Waals surface area contributed by atoms with Gasteiger partial charge < -0.3 is 10.6 Å². The Kier molecular flexibility index (Phi) is 10.9. The molecule has 5 nitrogen and oxygen atoms in total. The predicted molar refractivity (Wildman–Crippen MR) is 119 cm³/mol. The summed E-state index contributed by atoms with van der Waals surface area (Å²) in [6.07, 6.45) is 8.04. The van der Waals surface area contributed by atoms with Gasteiger partial charge in [0.1, 0.15) is 0 Å². The Hall–Kier alpha value is -0.410. The quantitative estimate of drug-likeness (QED) is 0.358. The molecule has 0 aliphatic carbocycles. The molecule has 1 aromatic heterocycles. The van der Waals surface area contributed by atoms with E-state index in [2.05, 4.69) is 46.3 Å². The zero-order valence-electron chi connectivity index (χ0n) is 16.0. The van der Waals surface area contributed by atoms with Crippen LogP contribution in [0.1, 0.15) is 49.9 Å². The van der Waals surface area contributed by atoms with Crippen LogP contribution in [0.15, 0.2) is 11.2 Å². The molecule has 2 N–H and O–H groups in total. The van der Waals surface area contributed by atoms with Gasteiger partial charge in [-0.15, -0.1) is 35.3 Å². The van der Waals surface area contributed by atoms with Crippen LogP contribution < -0.4 is 10.6 Å². The van der Waals surface area contributed by atoms with Crippen molar-refractivity contribution >= 4 is 41.3 Å². The highest BCUT2D eigenvalue weighted by Crippen LogP contribution is 2.18. The Morgan fingerprint density at radius 3 is 2.88 bits per heavy atom. The van der Waals surface area contributed by atoms with E-state index in [1.165, 1.54) is 35.7 Å². The average Bonchev–Trinajstić information content (AvgIpc) is 3.06. The number of halogens is 1. The lowest BCUT2D eigenvalue weighted by atomic mass is 10.0. The third-order valence-corrected chi connectivity index (χ3v) is 5.99. The van der Waals surface area contributed by atoms with Crippen LogP contribution in [-0.4, -0.2) is 54.6 Å². The van der Waals surface area contributed by atoms with Gasteiger partial charge in [0.2, 0.25) is 0 Å². The minimum absolute atomic E-state index is 0. The molecule has 2 heterocycles. The Labute approximate surface area is 174 Å². The van der Waals surface area contributed by atoms with E-state index in [1.807, 2.05) is 24.6 Å². The third-order valence-electron chi connectivity index (χ3n) is 4.79. The number of nitrogens with zero attached hydrogens (tertiary/aromatic N) is 3. The lowest BCUT2D eigenvalue weighted by Crippen LogP contribution is -2.50. The number of rotatable bonds is 7. The molecule has 1 aromatic rings. The molecule has 2 unspecified atom stereocenters. The van der Waals surface area contributed by atoms with Gasteiger partial charge in [0.05, 0.1) is 5.01 Å². The van der Waals surface area contributed by atoms with E-state index in [0.29, 0.717) is 12.1 Å². The summed E-state index contributed by atoms with van der Waals surface area (Å²) in [5, 5.41) is 8.07. The van der Waals surface area contributed by atoms with Gasteiger partial charge in [-0.25, -0.2) is 4.98 Å². The molecular weight excluding hydrogens is 445 g/mol. The SMILES string of the molecule is CCc1cnc(CCNC(=NC)NCC(C)N2CCCCC2C)s1.I. The van der Waals surface area contributed by atoms with Crippen LogP contribution in [-0.2, 0) is 12.8 Å². The summed E-state index contributed by atoms with van der Waals surface area (Å²) in [5.74, 6) is 0.888. The number of hydrogen-bond acceptors (Lipinski definition) is 4. The fourth-order valence-corrected chi connectivity index (χ4v) is 4.13. The van der Waals surface area contributed by atoms with Crippen molar-refractivity contribution in [3.8, 4) is 0 Å². The molecule has 2 rings (SSSR count). The molecule has 1 aliphatic rings. The van der Waals surface area contributed by atoms with Crippen molar-refractivity contribution in [3.63, 3.8) is 0 Å². The minimum atomic E-state index is 0. The molecule has 144 valence electrons. The maximum atomic E-state index is 4.46. The molecule has 0 spiro atoms. The van der Waals surface area contributed by atoms with Crippen LogP contribution in [0.25, 0.3) is 0 Å². The molecule has 7 heteroatoms. The number of aliphatic imine (C=N–C) groups is 1. The number of hydrogen-bond donors (Lipinski definition) is 2. The number of piperidine rings is 1. The lowest BCUT2D eigenvalue weighted by Gasteiger charge is -2.38. The summed E-state index contributed by atoms with van der Waals surface area (Å²) < 4.78 is 0. The maximum Gasteiger partial charge on any atom is 0.191 e. The number of nitrogens with one attached hydrogen (secondary N) is 2. The highest BCUT2D eigenvalue weighted by molar-refractivity contribution is 14.0. The molecule has 2 atom stereocenters. The van der Waals surface area contributed by atoms with Gasteiger partial charge in [-0.1, -0.05) is 13.3 Å². The van der Waals surface area contributed by atoms with E-state index in [0.717, 1.165) is 31.9 Å². The van der Waals surface area contributed by atoms with Crippen LogP contribution in [0.5, 0.6) is 0 Å². The fraction of sp³-hybridized carbons (Fsp3) is 0.778. The highest BCUT2D eigenvalue weighted by Gasteiger charge is 2.22. The third kappa shape index (κ3) is 7.38. The number of thiazole rings is 1. The Balaban J connectivity index is 0.00000312. The molecular formula is C18H34IN5S. The Bertz CT molecular complexity index is 519. The van der Waals surface area contributed by atoms with Crippen molar-refractivity contribution in [2.24, 2.45) is 4.99 Å². The molecule has 1 fully saturated rings. The van der Waals surface area contributed by atoms with Gasteiger partial charge in [-0.05, 0) is 39.7 Å². The standard InChI is InChI=1S/C18H33N5S.HI/c1-5-16-13-21-17(24-16)9-10-20-18(19-4)22-12-15(3)23-11-7-6-8-14(23)2;/h13-15H,5-12H2,1-4H3,(H2,19,20,22);1H. The number of aryl methyl sites for hydroxylation is 1. The zero-order chi connectivity index (χ0) is 17.4. The fourth-order valence-electron chi connectivity index (χ4n) is 3.27. The van der Waals surface area contributed by atoms with Gasteiger partial charge in [0.25, 0.3) is 0 Å². The van der Waals surface area contributed by atoms with Crippen molar-refractivity contribution in [1.82, 2.24) is 20.5 Å². The maximum absolute atomic E-state index is 4.46. The smallest absolute Gasteiger partial charge is 0.191 e. The van der Waals surface area contributed by atoms with Crippen molar-refractivity contribution in [1.29, 1.82) is 0 Å². The molecule has 0 aromatic carbocycles. The van der Waals surface area contributed by atoms with Crippen molar-refractivity contribution in [2.45, 2.75) is 65.0 Å². The first kappa shape index (κ1) is 22.6. The summed E-state index contributed by atoms with van der Waals surface area (Å²) in [4.78, 5) is 12.8. The summed E-state index contributed by atoms with van der Waals surface area (Å²) in [5.41, 5.74) is 0. The van der Waals surface area contributed by atoms with E-state index < -0.39 is 0 Å². The minimum Gasteiger partial charge on any atom is -0.356 e. The van der Waals surface area contributed by atoms with Crippen molar-refractivity contribution < 1.29 is 0 Å². The second-order valence-corrected chi connectivity index (χ2v) is 7.84. The molecule has 0 amide bonds. The van der Waals surface area contributed by atoms with Crippen LogP contribution in [0.2, 0.25) is 0 Å². The van der Waals surface area contributed by atoms with Gasteiger partial charge in [-0.3, -0.25) is 9.89 Å². The van der Waals surface area contributed by atoms with E-state index >= 15 is 0 Å². The zero-order valence-corrected chi connectivity index (χ0v) is 19.2. The molecule has 0 bridgehead atoms. The van der Waals surface area contributed by atoms with Crippen LogP contribution in [0, 0.1) is 0 Å². The highest BCUT2D eigenvalue weighted by atomic mass is 127. The van der Waals surface area contributed by atoms with Crippen LogP contribution >= 0.6 is 35.3 Å². The van der Waals surface area contributed by atoms with Gasteiger partial charge in [-0.2, -0.15) is 0 Å². The first-order chi connectivity index (χ1) is 11.6. The van der Waals surface area contributed by atoms with E-state index in [-0.39, 0.29) is 24.0 Å². The van der Waals surface area contributed by atoms with E-state index in [9.17, 15) is 0 Å². The molecule has 1 saturated heterocycles. The topological polar surface area (TPSA) is 52.6 Å². The first-order valence-electron chi connectivity index (χ1n) is 9.27. The largest absolute Gasteiger partial charge is 0.356 e. The van der Waals surface area contributed by atoms with Gasteiger partial charge in [0.15, 0.2) is 5.96 Å². The van der Waals surface area contributed by atoms with Gasteiger partial charge in [0, 0.05) is 49.7 Å². The predicted octanol–water partition coefficient (Wildman–Crippen LogP) is 3.29. The monoisotopic (exact) mass is 479 g/mol. The van der Waals surface area contributed by atoms with E-state index in [1.54, 1.807) is 0 Å². The summed E-state index contributed by atoms with van der Waals surface area (Å²) in [7, 11) is 1.84. The molecule has 0 radical (unpaired) electrons. The number of aromatic nitrogens is 1. The second kappa shape index (κ2) is 12.1. The second-order valence-electron chi connectivity index (χ2n) is 6.64. The Morgan fingerprint density at radius 2 is 2.24 bits per heavy atom. The molecule has 0 saturated carbocycles.